The zero-order valence-electron chi connectivity index (χ0n) is 7.88. The lowest BCUT2D eigenvalue weighted by atomic mass is 10.0. The first kappa shape index (κ1) is 11.9. The second-order valence-corrected chi connectivity index (χ2v) is 4.15. The summed E-state index contributed by atoms with van der Waals surface area (Å²) in [5.74, 6) is -0.524. The van der Waals surface area contributed by atoms with Crippen LogP contribution in [-0.4, -0.2) is 45.6 Å². The highest BCUT2D eigenvalue weighted by molar-refractivity contribution is 9.09. The van der Waals surface area contributed by atoms with Gasteiger partial charge in [0.15, 0.2) is 11.1 Å². The molecule has 6 heteroatoms. The van der Waals surface area contributed by atoms with Gasteiger partial charge in [-0.25, -0.2) is 0 Å². The van der Waals surface area contributed by atoms with Crippen molar-refractivity contribution < 1.29 is 24.5 Å². The Kier molecular flexibility index (Phi) is 3.88. The minimum Gasteiger partial charge on any atom is -0.456 e. The Labute approximate surface area is 90.1 Å². The van der Waals surface area contributed by atoms with E-state index < -0.39 is 35.4 Å². The summed E-state index contributed by atoms with van der Waals surface area (Å²) in [6.07, 6.45) is -3.56. The zero-order valence-corrected chi connectivity index (χ0v) is 9.47. The van der Waals surface area contributed by atoms with E-state index in [1.54, 1.807) is 6.92 Å². The molecule has 1 aliphatic rings. The molecule has 14 heavy (non-hydrogen) atoms. The number of carbonyl (C=O) groups is 1. The van der Waals surface area contributed by atoms with E-state index in [0.29, 0.717) is 0 Å². The van der Waals surface area contributed by atoms with Gasteiger partial charge in [0.2, 0.25) is 0 Å². The third kappa shape index (κ3) is 2.44. The lowest BCUT2D eigenvalue weighted by Gasteiger charge is -2.38. The number of hydrogen-bond donors (Lipinski definition) is 2. The SMILES string of the molecule is CC(=O)O[C@H]1C(O)[C@@H](O)C(C)O[C@H]1Br. The van der Waals surface area contributed by atoms with E-state index in [1.807, 2.05) is 0 Å². The van der Waals surface area contributed by atoms with Gasteiger partial charge in [-0.2, -0.15) is 0 Å². The van der Waals surface area contributed by atoms with Crippen LogP contribution in [0.25, 0.3) is 0 Å². The third-order valence-electron chi connectivity index (χ3n) is 2.07. The predicted octanol–water partition coefficient (Wildman–Crippen LogP) is -0.220. The Hall–Kier alpha value is -0.170. The summed E-state index contributed by atoms with van der Waals surface area (Å²) >= 11 is 3.12. The van der Waals surface area contributed by atoms with Crippen molar-refractivity contribution in [3.8, 4) is 0 Å². The fourth-order valence-corrected chi connectivity index (χ4v) is 2.07. The fourth-order valence-electron chi connectivity index (χ4n) is 1.30. The first-order chi connectivity index (χ1) is 6.43. The Bertz CT molecular complexity index is 222. The number of aliphatic hydroxyl groups is 2. The van der Waals surface area contributed by atoms with Gasteiger partial charge in [-0.1, -0.05) is 15.9 Å². The van der Waals surface area contributed by atoms with E-state index in [4.69, 9.17) is 9.47 Å². The Morgan fingerprint density at radius 3 is 2.50 bits per heavy atom. The van der Waals surface area contributed by atoms with E-state index in [2.05, 4.69) is 15.9 Å². The number of rotatable bonds is 1. The van der Waals surface area contributed by atoms with Gasteiger partial charge in [0, 0.05) is 6.92 Å². The molecule has 0 aromatic carbocycles. The molecule has 5 atom stereocenters. The average Bonchev–Trinajstić information content (AvgIpc) is 2.09. The predicted molar refractivity (Wildman–Crippen MR) is 50.8 cm³/mol. The number of alkyl halides is 1. The molecule has 0 bridgehead atoms. The normalized spacial score (nSPS) is 43.4. The molecule has 1 aliphatic heterocycles. The van der Waals surface area contributed by atoms with Gasteiger partial charge < -0.3 is 19.7 Å². The van der Waals surface area contributed by atoms with Crippen molar-refractivity contribution >= 4 is 21.9 Å². The third-order valence-corrected chi connectivity index (χ3v) is 2.81. The fraction of sp³-hybridized carbons (Fsp3) is 0.875. The maximum atomic E-state index is 10.7. The molecule has 0 saturated carbocycles. The van der Waals surface area contributed by atoms with Gasteiger partial charge in [0.25, 0.3) is 0 Å². The van der Waals surface area contributed by atoms with E-state index in [9.17, 15) is 15.0 Å². The van der Waals surface area contributed by atoms with Crippen LogP contribution in [0, 0.1) is 0 Å². The standard InChI is InChI=1S/C8H13BrO5/c1-3-5(11)6(12)7(8(9)13-3)14-4(2)10/h3,5-8,11-12H,1-2H3/t3?,5-,6?,7-,8+/m0/s1. The molecule has 1 heterocycles. The summed E-state index contributed by atoms with van der Waals surface area (Å²) in [7, 11) is 0. The molecule has 82 valence electrons. The van der Waals surface area contributed by atoms with Crippen LogP contribution in [0.1, 0.15) is 13.8 Å². The smallest absolute Gasteiger partial charge is 0.303 e. The molecular weight excluding hydrogens is 256 g/mol. The van der Waals surface area contributed by atoms with Crippen molar-refractivity contribution in [2.24, 2.45) is 0 Å². The molecule has 0 aromatic rings. The molecule has 0 radical (unpaired) electrons. The summed E-state index contributed by atoms with van der Waals surface area (Å²) < 4.78 is 10.0. The van der Waals surface area contributed by atoms with Crippen molar-refractivity contribution in [2.75, 3.05) is 0 Å². The van der Waals surface area contributed by atoms with Crippen LogP contribution in [0.4, 0.5) is 0 Å². The highest BCUT2D eigenvalue weighted by Crippen LogP contribution is 2.26. The average molecular weight is 269 g/mol. The van der Waals surface area contributed by atoms with Gasteiger partial charge in [0.1, 0.15) is 12.2 Å². The first-order valence-corrected chi connectivity index (χ1v) is 5.18. The molecule has 0 amide bonds. The minimum absolute atomic E-state index is 0.499. The van der Waals surface area contributed by atoms with E-state index in [-0.39, 0.29) is 0 Å². The van der Waals surface area contributed by atoms with Crippen molar-refractivity contribution in [3.05, 3.63) is 0 Å². The van der Waals surface area contributed by atoms with E-state index >= 15 is 0 Å². The molecule has 2 N–H and O–H groups in total. The van der Waals surface area contributed by atoms with Crippen LogP contribution < -0.4 is 0 Å². The van der Waals surface area contributed by atoms with Crippen LogP contribution in [-0.2, 0) is 14.3 Å². The minimum atomic E-state index is -1.13. The molecule has 5 nitrogen and oxygen atoms in total. The van der Waals surface area contributed by atoms with Crippen LogP contribution in [0.3, 0.4) is 0 Å². The topological polar surface area (TPSA) is 76.0 Å². The molecule has 1 rings (SSSR count). The van der Waals surface area contributed by atoms with Crippen LogP contribution in [0.5, 0.6) is 0 Å². The van der Waals surface area contributed by atoms with Crippen LogP contribution in [0.2, 0.25) is 0 Å². The van der Waals surface area contributed by atoms with E-state index in [1.165, 1.54) is 6.92 Å². The molecule has 0 aromatic heterocycles. The van der Waals surface area contributed by atoms with Crippen molar-refractivity contribution in [3.63, 3.8) is 0 Å². The Morgan fingerprint density at radius 1 is 1.43 bits per heavy atom. The molecule has 0 aliphatic carbocycles. The molecule has 0 spiro atoms. The summed E-state index contributed by atoms with van der Waals surface area (Å²) in [5, 5.41) is 18.5. The van der Waals surface area contributed by atoms with Gasteiger partial charge in [0.05, 0.1) is 6.10 Å². The highest BCUT2D eigenvalue weighted by Gasteiger charge is 2.43. The van der Waals surface area contributed by atoms with Gasteiger partial charge in [-0.05, 0) is 6.92 Å². The Balaban J connectivity index is 2.68. The quantitative estimate of drug-likeness (QED) is 0.508. The van der Waals surface area contributed by atoms with Gasteiger partial charge >= 0.3 is 5.97 Å². The highest BCUT2D eigenvalue weighted by atomic mass is 79.9. The molecular formula is C8H13BrO5. The monoisotopic (exact) mass is 268 g/mol. The van der Waals surface area contributed by atoms with E-state index in [0.717, 1.165) is 0 Å². The van der Waals surface area contributed by atoms with Gasteiger partial charge in [-0.3, -0.25) is 4.79 Å². The second-order valence-electron chi connectivity index (χ2n) is 3.25. The van der Waals surface area contributed by atoms with Crippen molar-refractivity contribution in [1.29, 1.82) is 0 Å². The lowest BCUT2D eigenvalue weighted by molar-refractivity contribution is -0.207. The van der Waals surface area contributed by atoms with Crippen LogP contribution >= 0.6 is 15.9 Å². The summed E-state index contributed by atoms with van der Waals surface area (Å²) in [4.78, 5) is 10.7. The maximum absolute atomic E-state index is 10.7. The number of halogens is 1. The van der Waals surface area contributed by atoms with Gasteiger partial charge in [-0.15, -0.1) is 0 Å². The number of aliphatic hydroxyl groups excluding tert-OH is 2. The lowest BCUT2D eigenvalue weighted by Crippen LogP contribution is -2.56. The molecule has 2 unspecified atom stereocenters. The van der Waals surface area contributed by atoms with Crippen LogP contribution in [0.15, 0.2) is 0 Å². The zero-order chi connectivity index (χ0) is 10.9. The maximum Gasteiger partial charge on any atom is 0.303 e. The largest absolute Gasteiger partial charge is 0.456 e. The molecule has 1 saturated heterocycles. The summed E-state index contributed by atoms with van der Waals surface area (Å²) in [6.45, 7) is 2.86. The first-order valence-electron chi connectivity index (χ1n) is 4.26. The number of carbonyl (C=O) groups excluding carboxylic acids is 1. The summed E-state index contributed by atoms with van der Waals surface area (Å²) in [5.41, 5.74) is 0. The summed E-state index contributed by atoms with van der Waals surface area (Å²) in [6, 6.07) is 0. The molecule has 1 fully saturated rings. The van der Waals surface area contributed by atoms with Crippen molar-refractivity contribution in [2.45, 2.75) is 43.3 Å². The Morgan fingerprint density at radius 2 is 2.00 bits per heavy atom. The second kappa shape index (κ2) is 4.57. The number of hydrogen-bond acceptors (Lipinski definition) is 5. The number of ether oxygens (including phenoxy) is 2. The van der Waals surface area contributed by atoms with Crippen molar-refractivity contribution in [1.82, 2.24) is 0 Å². The number of esters is 1.